The molecule has 64 valence electrons. The second kappa shape index (κ2) is 2.77. The van der Waals surface area contributed by atoms with E-state index in [1.807, 2.05) is 12.1 Å². The topological polar surface area (TPSA) is 26.0 Å². The summed E-state index contributed by atoms with van der Waals surface area (Å²) >= 11 is 0. The summed E-state index contributed by atoms with van der Waals surface area (Å²) < 4.78 is 13.3. The van der Waals surface area contributed by atoms with Gasteiger partial charge in [0.05, 0.1) is 5.69 Å². The fraction of sp³-hybridized carbons (Fsp3) is 0.400. The van der Waals surface area contributed by atoms with E-state index in [0.29, 0.717) is 5.92 Å². The summed E-state index contributed by atoms with van der Waals surface area (Å²) in [6.07, 6.45) is 3.35. The van der Waals surface area contributed by atoms with Gasteiger partial charge in [-0.2, -0.15) is 0 Å². The van der Waals surface area contributed by atoms with Gasteiger partial charge in [0.25, 0.3) is 0 Å². The van der Waals surface area contributed by atoms with Crippen LogP contribution in [0.5, 0.6) is 0 Å². The summed E-state index contributed by atoms with van der Waals surface area (Å²) in [4.78, 5) is 0. The minimum absolute atomic E-state index is 0.218. The molecule has 0 amide bonds. The highest BCUT2D eigenvalue weighted by Gasteiger charge is 2.23. The zero-order valence-electron chi connectivity index (χ0n) is 6.89. The normalized spacial score (nSPS) is 16.4. The van der Waals surface area contributed by atoms with Crippen molar-refractivity contribution in [2.75, 3.05) is 5.73 Å². The summed E-state index contributed by atoms with van der Waals surface area (Å²) in [6.45, 7) is 0. The van der Waals surface area contributed by atoms with E-state index in [0.717, 1.165) is 12.0 Å². The van der Waals surface area contributed by atoms with Crippen molar-refractivity contribution >= 4 is 5.69 Å². The van der Waals surface area contributed by atoms with Crippen molar-refractivity contribution in [3.8, 4) is 0 Å². The van der Waals surface area contributed by atoms with Crippen LogP contribution < -0.4 is 5.73 Å². The van der Waals surface area contributed by atoms with Gasteiger partial charge in [0.15, 0.2) is 0 Å². The number of anilines is 1. The van der Waals surface area contributed by atoms with Crippen molar-refractivity contribution in [3.63, 3.8) is 0 Å². The highest BCUT2D eigenvalue weighted by Crippen LogP contribution is 2.33. The van der Waals surface area contributed by atoms with Crippen LogP contribution in [-0.2, 0) is 6.42 Å². The lowest BCUT2D eigenvalue weighted by Gasteiger charge is -2.03. The maximum absolute atomic E-state index is 13.3. The van der Waals surface area contributed by atoms with Crippen LogP contribution in [0, 0.1) is 11.7 Å². The molecule has 2 heteroatoms. The Kier molecular flexibility index (Phi) is 1.75. The average Bonchev–Trinajstić information content (AvgIpc) is 2.83. The lowest BCUT2D eigenvalue weighted by molar-refractivity contribution is 0.606. The molecule has 1 aliphatic carbocycles. The van der Waals surface area contributed by atoms with E-state index in [2.05, 4.69) is 0 Å². The van der Waals surface area contributed by atoms with E-state index in [-0.39, 0.29) is 11.5 Å². The molecule has 1 aromatic rings. The fourth-order valence-electron chi connectivity index (χ4n) is 1.39. The first kappa shape index (κ1) is 7.59. The molecule has 0 aliphatic heterocycles. The molecule has 0 unspecified atom stereocenters. The van der Waals surface area contributed by atoms with E-state index in [1.165, 1.54) is 12.8 Å². The number of benzene rings is 1. The number of nitrogen functional groups attached to an aromatic ring is 1. The number of nitrogens with two attached hydrogens (primary N) is 1. The maximum atomic E-state index is 13.3. The van der Waals surface area contributed by atoms with Crippen molar-refractivity contribution in [2.45, 2.75) is 19.3 Å². The van der Waals surface area contributed by atoms with Crippen molar-refractivity contribution < 1.29 is 4.39 Å². The van der Waals surface area contributed by atoms with Crippen LogP contribution >= 0.6 is 0 Å². The summed E-state index contributed by atoms with van der Waals surface area (Å²) in [5, 5.41) is 0. The lowest BCUT2D eigenvalue weighted by atomic mass is 10.1. The second-order valence-corrected chi connectivity index (χ2v) is 3.47. The van der Waals surface area contributed by atoms with Crippen LogP contribution in [0.15, 0.2) is 18.2 Å². The van der Waals surface area contributed by atoms with Crippen molar-refractivity contribution in [2.24, 2.45) is 5.92 Å². The van der Waals surface area contributed by atoms with Crippen LogP contribution in [0.25, 0.3) is 0 Å². The molecule has 0 heterocycles. The van der Waals surface area contributed by atoms with Crippen LogP contribution in [0.4, 0.5) is 10.1 Å². The van der Waals surface area contributed by atoms with Crippen LogP contribution in [0.2, 0.25) is 0 Å². The maximum Gasteiger partial charge on any atom is 0.149 e. The summed E-state index contributed by atoms with van der Waals surface area (Å²) in [5.74, 6) is 0.491. The Bertz CT molecular complexity index is 292. The van der Waals surface area contributed by atoms with Gasteiger partial charge in [0.1, 0.15) is 5.82 Å². The third kappa shape index (κ3) is 1.42. The Balaban J connectivity index is 2.23. The smallest absolute Gasteiger partial charge is 0.149 e. The van der Waals surface area contributed by atoms with Crippen LogP contribution in [0.3, 0.4) is 0 Å². The molecule has 0 aromatic heterocycles. The average molecular weight is 165 g/mol. The van der Waals surface area contributed by atoms with Crippen LogP contribution in [0.1, 0.15) is 18.4 Å². The fourth-order valence-corrected chi connectivity index (χ4v) is 1.39. The largest absolute Gasteiger partial charge is 0.396 e. The number of halogens is 1. The summed E-state index contributed by atoms with van der Waals surface area (Å²) in [6, 6.07) is 5.24. The second-order valence-electron chi connectivity index (χ2n) is 3.47. The molecule has 1 fully saturated rings. The molecule has 0 saturated heterocycles. The number of rotatable bonds is 2. The SMILES string of the molecule is Nc1cccc(CC2CC2)c1F. The Morgan fingerprint density at radius 2 is 2.17 bits per heavy atom. The zero-order valence-corrected chi connectivity index (χ0v) is 6.89. The Morgan fingerprint density at radius 3 is 2.83 bits per heavy atom. The first-order chi connectivity index (χ1) is 5.77. The van der Waals surface area contributed by atoms with Gasteiger partial charge in [-0.25, -0.2) is 4.39 Å². The van der Waals surface area contributed by atoms with E-state index < -0.39 is 0 Å². The molecule has 2 N–H and O–H groups in total. The minimum atomic E-state index is -0.218. The van der Waals surface area contributed by atoms with Gasteiger partial charge in [0.2, 0.25) is 0 Å². The molecule has 12 heavy (non-hydrogen) atoms. The van der Waals surface area contributed by atoms with Gasteiger partial charge >= 0.3 is 0 Å². The molecule has 2 rings (SSSR count). The molecule has 0 atom stereocenters. The van der Waals surface area contributed by atoms with E-state index in [9.17, 15) is 4.39 Å². The third-order valence-electron chi connectivity index (χ3n) is 2.31. The monoisotopic (exact) mass is 165 g/mol. The number of hydrogen-bond acceptors (Lipinski definition) is 1. The molecule has 1 aliphatic rings. The third-order valence-corrected chi connectivity index (χ3v) is 2.31. The zero-order chi connectivity index (χ0) is 8.55. The van der Waals surface area contributed by atoms with Gasteiger partial charge in [-0.15, -0.1) is 0 Å². The van der Waals surface area contributed by atoms with E-state index in [4.69, 9.17) is 5.73 Å². The Labute approximate surface area is 71.4 Å². The van der Waals surface area contributed by atoms with Crippen LogP contribution in [-0.4, -0.2) is 0 Å². The highest BCUT2D eigenvalue weighted by atomic mass is 19.1. The van der Waals surface area contributed by atoms with Gasteiger partial charge in [0, 0.05) is 0 Å². The van der Waals surface area contributed by atoms with Gasteiger partial charge < -0.3 is 5.73 Å². The first-order valence-corrected chi connectivity index (χ1v) is 4.30. The molecule has 0 bridgehead atoms. The Hall–Kier alpha value is -1.05. The molecule has 0 radical (unpaired) electrons. The van der Waals surface area contributed by atoms with Crippen molar-refractivity contribution in [1.29, 1.82) is 0 Å². The molecule has 1 nitrogen and oxygen atoms in total. The molecule has 1 aromatic carbocycles. The molecule has 1 saturated carbocycles. The van der Waals surface area contributed by atoms with E-state index >= 15 is 0 Å². The van der Waals surface area contributed by atoms with Gasteiger partial charge in [-0.1, -0.05) is 12.1 Å². The van der Waals surface area contributed by atoms with Gasteiger partial charge in [-0.05, 0) is 36.8 Å². The molecular weight excluding hydrogens is 153 g/mol. The first-order valence-electron chi connectivity index (χ1n) is 4.30. The molecular formula is C10H12FN. The quantitative estimate of drug-likeness (QED) is 0.669. The van der Waals surface area contributed by atoms with Crippen molar-refractivity contribution in [1.82, 2.24) is 0 Å². The molecule has 0 spiro atoms. The number of hydrogen-bond donors (Lipinski definition) is 1. The minimum Gasteiger partial charge on any atom is -0.396 e. The summed E-state index contributed by atoms with van der Waals surface area (Å²) in [7, 11) is 0. The summed E-state index contributed by atoms with van der Waals surface area (Å²) in [5.41, 5.74) is 6.49. The predicted molar refractivity (Wildman–Crippen MR) is 47.2 cm³/mol. The van der Waals surface area contributed by atoms with Crippen molar-refractivity contribution in [3.05, 3.63) is 29.6 Å². The Morgan fingerprint density at radius 1 is 1.42 bits per heavy atom. The highest BCUT2D eigenvalue weighted by molar-refractivity contribution is 5.43. The lowest BCUT2D eigenvalue weighted by Crippen LogP contribution is -1.97. The van der Waals surface area contributed by atoms with Gasteiger partial charge in [-0.3, -0.25) is 0 Å². The van der Waals surface area contributed by atoms with E-state index in [1.54, 1.807) is 6.07 Å². The standard InChI is InChI=1S/C10H12FN/c11-10-8(6-7-4-5-7)2-1-3-9(10)12/h1-3,7H,4-6,12H2. The predicted octanol–water partition coefficient (Wildman–Crippen LogP) is 2.36.